The van der Waals surface area contributed by atoms with Crippen molar-refractivity contribution >= 4 is 22.6 Å². The highest BCUT2D eigenvalue weighted by molar-refractivity contribution is 6.07. The SMILES string of the molecule is COc1ccc2c(c1)CC(NCC1CCN(C(=O)CNC(=O)c3cccc4ccccc34)CC1)CCC2. The Morgan fingerprint density at radius 1 is 0.973 bits per heavy atom. The van der Waals surface area contributed by atoms with Crippen molar-refractivity contribution in [1.82, 2.24) is 15.5 Å². The molecule has 37 heavy (non-hydrogen) atoms. The van der Waals surface area contributed by atoms with E-state index in [0.717, 1.165) is 61.8 Å². The van der Waals surface area contributed by atoms with Crippen molar-refractivity contribution in [2.24, 2.45) is 5.92 Å². The van der Waals surface area contributed by atoms with E-state index < -0.39 is 0 Å². The molecule has 0 radical (unpaired) electrons. The van der Waals surface area contributed by atoms with Gasteiger partial charge in [0.25, 0.3) is 5.91 Å². The van der Waals surface area contributed by atoms with Crippen LogP contribution in [-0.2, 0) is 17.6 Å². The summed E-state index contributed by atoms with van der Waals surface area (Å²) in [6.07, 6.45) is 6.55. The second-order valence-electron chi connectivity index (χ2n) is 10.4. The topological polar surface area (TPSA) is 70.7 Å². The molecule has 1 unspecified atom stereocenters. The fourth-order valence-electron chi connectivity index (χ4n) is 5.75. The lowest BCUT2D eigenvalue weighted by Gasteiger charge is -2.33. The monoisotopic (exact) mass is 499 g/mol. The first kappa shape index (κ1) is 25.3. The number of carbonyl (C=O) groups is 2. The molecule has 1 saturated heterocycles. The van der Waals surface area contributed by atoms with Crippen LogP contribution in [-0.4, -0.2) is 56.0 Å². The number of methoxy groups -OCH3 is 1. The number of likely N-dealkylation sites (tertiary alicyclic amines) is 1. The molecule has 3 aromatic rings. The molecule has 6 heteroatoms. The summed E-state index contributed by atoms with van der Waals surface area (Å²) < 4.78 is 5.43. The third kappa shape index (κ3) is 6.13. The van der Waals surface area contributed by atoms with Gasteiger partial charge in [0.05, 0.1) is 13.7 Å². The van der Waals surface area contributed by atoms with Crippen molar-refractivity contribution in [2.45, 2.75) is 44.6 Å². The van der Waals surface area contributed by atoms with Crippen LogP contribution in [0.25, 0.3) is 10.8 Å². The van der Waals surface area contributed by atoms with Gasteiger partial charge in [-0.3, -0.25) is 9.59 Å². The number of carbonyl (C=O) groups excluding carboxylic acids is 2. The molecular formula is C31H37N3O3. The lowest BCUT2D eigenvalue weighted by molar-refractivity contribution is -0.131. The van der Waals surface area contributed by atoms with Gasteiger partial charge in [-0.05, 0) is 91.1 Å². The van der Waals surface area contributed by atoms with E-state index in [2.05, 4.69) is 28.8 Å². The quantitative estimate of drug-likeness (QED) is 0.474. The van der Waals surface area contributed by atoms with E-state index in [-0.39, 0.29) is 18.4 Å². The van der Waals surface area contributed by atoms with E-state index >= 15 is 0 Å². The Kier molecular flexibility index (Phi) is 8.05. The number of nitrogens with zero attached hydrogens (tertiary/aromatic N) is 1. The van der Waals surface area contributed by atoms with Gasteiger partial charge < -0.3 is 20.3 Å². The molecular weight excluding hydrogens is 462 g/mol. The van der Waals surface area contributed by atoms with Crippen LogP contribution in [0.1, 0.15) is 47.2 Å². The van der Waals surface area contributed by atoms with Crippen molar-refractivity contribution in [2.75, 3.05) is 33.3 Å². The van der Waals surface area contributed by atoms with Crippen LogP contribution in [0, 0.1) is 5.92 Å². The molecule has 6 nitrogen and oxygen atoms in total. The highest BCUT2D eigenvalue weighted by Crippen LogP contribution is 2.26. The van der Waals surface area contributed by atoms with Crippen LogP contribution in [0.4, 0.5) is 0 Å². The number of rotatable bonds is 7. The number of hydrogen-bond donors (Lipinski definition) is 2. The van der Waals surface area contributed by atoms with Gasteiger partial charge in [0.1, 0.15) is 5.75 Å². The van der Waals surface area contributed by atoms with E-state index in [1.807, 2.05) is 47.4 Å². The molecule has 194 valence electrons. The molecule has 0 saturated carbocycles. The maximum Gasteiger partial charge on any atom is 0.252 e. The predicted octanol–water partition coefficient (Wildman–Crippen LogP) is 4.35. The Morgan fingerprint density at radius 3 is 2.62 bits per heavy atom. The van der Waals surface area contributed by atoms with Crippen LogP contribution in [0.3, 0.4) is 0 Å². The zero-order valence-corrected chi connectivity index (χ0v) is 21.7. The Bertz CT molecular complexity index is 1240. The third-order valence-electron chi connectivity index (χ3n) is 7.98. The summed E-state index contributed by atoms with van der Waals surface area (Å²) in [5, 5.41) is 8.58. The van der Waals surface area contributed by atoms with E-state index in [1.54, 1.807) is 7.11 Å². The third-order valence-corrected chi connectivity index (χ3v) is 7.98. The first-order valence-electron chi connectivity index (χ1n) is 13.5. The van der Waals surface area contributed by atoms with Crippen LogP contribution in [0.5, 0.6) is 5.75 Å². The van der Waals surface area contributed by atoms with E-state index in [0.29, 0.717) is 17.5 Å². The molecule has 1 atom stereocenters. The molecule has 0 spiro atoms. The molecule has 1 fully saturated rings. The Balaban J connectivity index is 1.06. The van der Waals surface area contributed by atoms with E-state index in [4.69, 9.17) is 4.74 Å². The van der Waals surface area contributed by atoms with E-state index in [1.165, 1.54) is 24.0 Å². The van der Waals surface area contributed by atoms with Crippen LogP contribution in [0.15, 0.2) is 60.7 Å². The van der Waals surface area contributed by atoms with Gasteiger partial charge in [-0.25, -0.2) is 0 Å². The average molecular weight is 500 g/mol. The number of piperidine rings is 1. The normalized spacial score (nSPS) is 18.2. The number of ether oxygens (including phenoxy) is 1. The highest BCUT2D eigenvalue weighted by Gasteiger charge is 2.25. The minimum atomic E-state index is -0.202. The number of nitrogens with one attached hydrogen (secondary N) is 2. The molecule has 1 heterocycles. The summed E-state index contributed by atoms with van der Waals surface area (Å²) in [6.45, 7) is 2.53. The number of fused-ring (bicyclic) bond motifs is 2. The van der Waals surface area contributed by atoms with Crippen LogP contribution < -0.4 is 15.4 Å². The second kappa shape index (κ2) is 11.8. The van der Waals surface area contributed by atoms with E-state index in [9.17, 15) is 9.59 Å². The molecule has 2 N–H and O–H groups in total. The van der Waals surface area contributed by atoms with Gasteiger partial charge in [0.2, 0.25) is 5.91 Å². The lowest BCUT2D eigenvalue weighted by Crippen LogP contribution is -2.46. The molecule has 2 aliphatic rings. The molecule has 1 aliphatic heterocycles. The summed E-state index contributed by atoms with van der Waals surface area (Å²) in [7, 11) is 1.73. The number of benzene rings is 3. The number of aryl methyl sites for hydroxylation is 1. The van der Waals surface area contributed by atoms with Crippen molar-refractivity contribution in [1.29, 1.82) is 0 Å². The average Bonchev–Trinajstić information content (AvgIpc) is 3.16. The minimum absolute atomic E-state index is 0.00526. The summed E-state index contributed by atoms with van der Waals surface area (Å²) >= 11 is 0. The zero-order valence-electron chi connectivity index (χ0n) is 21.7. The minimum Gasteiger partial charge on any atom is -0.497 e. The summed E-state index contributed by atoms with van der Waals surface area (Å²) in [4.78, 5) is 27.5. The molecule has 3 aromatic carbocycles. The van der Waals surface area contributed by atoms with Gasteiger partial charge in [-0.15, -0.1) is 0 Å². The van der Waals surface area contributed by atoms with Crippen molar-refractivity contribution in [3.05, 3.63) is 77.4 Å². The summed E-state index contributed by atoms with van der Waals surface area (Å²) in [5.74, 6) is 1.30. The Morgan fingerprint density at radius 2 is 1.78 bits per heavy atom. The smallest absolute Gasteiger partial charge is 0.252 e. The van der Waals surface area contributed by atoms with Gasteiger partial charge in [0.15, 0.2) is 0 Å². The maximum absolute atomic E-state index is 12.8. The van der Waals surface area contributed by atoms with Crippen molar-refractivity contribution in [3.8, 4) is 5.75 Å². The molecule has 1 aliphatic carbocycles. The fourth-order valence-corrected chi connectivity index (χ4v) is 5.75. The maximum atomic E-state index is 12.8. The van der Waals surface area contributed by atoms with Gasteiger partial charge in [0, 0.05) is 24.7 Å². The lowest BCUT2D eigenvalue weighted by atomic mass is 9.95. The fraction of sp³-hybridized carbons (Fsp3) is 0.419. The number of amides is 2. The standard InChI is InChI=1S/C31H37N3O3/c1-37-27-13-12-23-7-4-9-26(18-25(23)19-27)32-20-22-14-16-34(17-15-22)30(35)21-33-31(36)29-11-5-8-24-6-2-3-10-28(24)29/h2-3,5-6,8,10-13,19,22,26,32H,4,7,9,14-18,20-21H2,1H3,(H,33,36). The van der Waals surface area contributed by atoms with Gasteiger partial charge in [-0.1, -0.05) is 42.5 Å². The van der Waals surface area contributed by atoms with Crippen molar-refractivity contribution < 1.29 is 14.3 Å². The van der Waals surface area contributed by atoms with Crippen LogP contribution in [0.2, 0.25) is 0 Å². The van der Waals surface area contributed by atoms with Crippen molar-refractivity contribution in [3.63, 3.8) is 0 Å². The molecule has 2 amide bonds. The van der Waals surface area contributed by atoms with Gasteiger partial charge in [-0.2, -0.15) is 0 Å². The predicted molar refractivity (Wildman–Crippen MR) is 147 cm³/mol. The Labute approximate surface area is 219 Å². The highest BCUT2D eigenvalue weighted by atomic mass is 16.5. The molecule has 0 bridgehead atoms. The molecule has 0 aromatic heterocycles. The first-order chi connectivity index (χ1) is 18.1. The largest absolute Gasteiger partial charge is 0.497 e. The Hall–Kier alpha value is -3.38. The first-order valence-corrected chi connectivity index (χ1v) is 13.5. The summed E-state index contributed by atoms with van der Waals surface area (Å²) in [6, 6.07) is 20.4. The second-order valence-corrected chi connectivity index (χ2v) is 10.4. The van der Waals surface area contributed by atoms with Crippen LogP contribution >= 0.6 is 0 Å². The zero-order chi connectivity index (χ0) is 25.6. The molecule has 5 rings (SSSR count). The summed E-state index contributed by atoms with van der Waals surface area (Å²) in [5.41, 5.74) is 3.46. The number of hydrogen-bond acceptors (Lipinski definition) is 4. The van der Waals surface area contributed by atoms with Gasteiger partial charge >= 0.3 is 0 Å².